The maximum atomic E-state index is 12.5. The first-order valence-electron chi connectivity index (χ1n) is 6.27. The Balaban J connectivity index is 2.33. The molecule has 1 aliphatic rings. The van der Waals surface area contributed by atoms with E-state index >= 15 is 0 Å². The number of aliphatic hydroxyl groups excluding tert-OH is 1. The van der Waals surface area contributed by atoms with Crippen molar-refractivity contribution in [1.82, 2.24) is 4.31 Å². The first-order valence-corrected chi connectivity index (χ1v) is 8.76. The van der Waals surface area contributed by atoms with E-state index in [0.717, 1.165) is 11.3 Å². The summed E-state index contributed by atoms with van der Waals surface area (Å²) >= 11 is 1.80. The monoisotopic (exact) mass is 301 g/mol. The molecule has 1 aliphatic heterocycles. The van der Waals surface area contributed by atoms with Crippen molar-refractivity contribution in [3.05, 3.63) is 29.3 Å². The smallest absolute Gasteiger partial charge is 0.243 e. The molecule has 0 radical (unpaired) electrons. The van der Waals surface area contributed by atoms with E-state index in [1.165, 1.54) is 0 Å². The Bertz CT molecular complexity index is 557. The number of nitrogens with zero attached hydrogens (tertiary/aromatic N) is 1. The molecule has 2 rings (SSSR count). The van der Waals surface area contributed by atoms with E-state index < -0.39 is 10.0 Å². The average Bonchev–Trinajstić information content (AvgIpc) is 2.39. The molecule has 1 saturated heterocycles. The second-order valence-corrected chi connectivity index (χ2v) is 8.28. The van der Waals surface area contributed by atoms with Gasteiger partial charge < -0.3 is 5.11 Å². The molecule has 0 spiro atoms. The molecular weight excluding hydrogens is 282 g/mol. The van der Waals surface area contributed by atoms with Crippen LogP contribution in [0.4, 0.5) is 0 Å². The molecule has 0 aromatic heterocycles. The number of aryl methyl sites for hydroxylation is 1. The molecule has 1 N–H and O–H groups in total. The number of aliphatic hydroxyl groups is 1. The third-order valence-corrected chi connectivity index (χ3v) is 6.33. The molecule has 4 nitrogen and oxygen atoms in total. The first kappa shape index (κ1) is 14.8. The Labute approximate surface area is 118 Å². The van der Waals surface area contributed by atoms with Gasteiger partial charge in [0.25, 0.3) is 0 Å². The van der Waals surface area contributed by atoms with Gasteiger partial charge in [-0.25, -0.2) is 8.42 Å². The van der Waals surface area contributed by atoms with Gasteiger partial charge in [0.2, 0.25) is 10.0 Å². The highest BCUT2D eigenvalue weighted by atomic mass is 32.2. The molecule has 1 aromatic rings. The molecule has 6 heteroatoms. The Morgan fingerprint density at radius 2 is 2.21 bits per heavy atom. The predicted molar refractivity (Wildman–Crippen MR) is 77.8 cm³/mol. The highest BCUT2D eigenvalue weighted by molar-refractivity contribution is 8.00. The molecular formula is C13H19NO3S2. The summed E-state index contributed by atoms with van der Waals surface area (Å²) in [4.78, 5) is 0.279. The highest BCUT2D eigenvalue weighted by Gasteiger charge is 2.29. The van der Waals surface area contributed by atoms with Gasteiger partial charge in [0.1, 0.15) is 0 Å². The van der Waals surface area contributed by atoms with Crippen LogP contribution in [0.15, 0.2) is 23.1 Å². The van der Waals surface area contributed by atoms with Crippen LogP contribution >= 0.6 is 11.8 Å². The molecule has 0 bridgehead atoms. The van der Waals surface area contributed by atoms with Gasteiger partial charge in [0, 0.05) is 24.1 Å². The zero-order valence-corrected chi connectivity index (χ0v) is 12.8. The summed E-state index contributed by atoms with van der Waals surface area (Å²) in [6.07, 6.45) is 0. The molecule has 1 atom stereocenters. The molecule has 19 heavy (non-hydrogen) atoms. The van der Waals surface area contributed by atoms with Crippen molar-refractivity contribution in [1.29, 1.82) is 0 Å². The van der Waals surface area contributed by atoms with E-state index in [-0.39, 0.29) is 11.5 Å². The van der Waals surface area contributed by atoms with Gasteiger partial charge in [0.15, 0.2) is 0 Å². The van der Waals surface area contributed by atoms with Crippen LogP contribution in [0.3, 0.4) is 0 Å². The minimum absolute atomic E-state index is 0.137. The summed E-state index contributed by atoms with van der Waals surface area (Å²) in [7, 11) is -3.44. The lowest BCUT2D eigenvalue weighted by molar-refractivity contribution is 0.280. The Morgan fingerprint density at radius 3 is 2.84 bits per heavy atom. The van der Waals surface area contributed by atoms with Gasteiger partial charge in [-0.1, -0.05) is 13.0 Å². The fourth-order valence-corrected chi connectivity index (χ4v) is 4.94. The van der Waals surface area contributed by atoms with E-state index in [0.29, 0.717) is 23.9 Å². The number of sulfonamides is 1. The van der Waals surface area contributed by atoms with Gasteiger partial charge >= 0.3 is 0 Å². The third kappa shape index (κ3) is 3.13. The Hall–Kier alpha value is -0.560. The zero-order valence-electron chi connectivity index (χ0n) is 11.2. The van der Waals surface area contributed by atoms with Crippen LogP contribution in [-0.4, -0.2) is 41.9 Å². The van der Waals surface area contributed by atoms with Crippen molar-refractivity contribution in [2.75, 3.05) is 18.8 Å². The van der Waals surface area contributed by atoms with E-state index in [1.54, 1.807) is 34.3 Å². The summed E-state index contributed by atoms with van der Waals surface area (Å²) in [6, 6.07) is 4.95. The lowest BCUT2D eigenvalue weighted by atomic mass is 10.1. The topological polar surface area (TPSA) is 57.6 Å². The lowest BCUT2D eigenvalue weighted by Gasteiger charge is -2.29. The molecule has 0 aliphatic carbocycles. The Kier molecular flexibility index (Phi) is 4.55. The molecule has 1 aromatic carbocycles. The van der Waals surface area contributed by atoms with Crippen LogP contribution < -0.4 is 0 Å². The fourth-order valence-electron chi connectivity index (χ4n) is 2.13. The van der Waals surface area contributed by atoms with Crippen molar-refractivity contribution in [2.24, 2.45) is 0 Å². The highest BCUT2D eigenvalue weighted by Crippen LogP contribution is 2.25. The van der Waals surface area contributed by atoms with Crippen molar-refractivity contribution in [3.8, 4) is 0 Å². The quantitative estimate of drug-likeness (QED) is 0.921. The van der Waals surface area contributed by atoms with Crippen molar-refractivity contribution in [2.45, 2.75) is 30.6 Å². The standard InChI is InChI=1S/C13H19NO3S2/c1-10-3-4-13(7-12(10)9-15)19(16,17)14-5-6-18-11(2)8-14/h3-4,7,11,15H,5-6,8-9H2,1-2H3. The van der Waals surface area contributed by atoms with Gasteiger partial charge in [-0.2, -0.15) is 16.1 Å². The SMILES string of the molecule is Cc1ccc(S(=O)(=O)N2CCSC(C)C2)cc1CO. The van der Waals surface area contributed by atoms with Gasteiger partial charge in [-0.15, -0.1) is 0 Å². The molecule has 0 amide bonds. The van der Waals surface area contributed by atoms with Crippen LogP contribution in [0.5, 0.6) is 0 Å². The van der Waals surface area contributed by atoms with Crippen molar-refractivity contribution >= 4 is 21.8 Å². The predicted octanol–water partition coefficient (Wildman–Crippen LogP) is 1.61. The zero-order chi connectivity index (χ0) is 14.0. The maximum absolute atomic E-state index is 12.5. The van der Waals surface area contributed by atoms with Gasteiger partial charge in [-0.05, 0) is 30.2 Å². The number of hydrogen-bond donors (Lipinski definition) is 1. The molecule has 106 valence electrons. The van der Waals surface area contributed by atoms with Gasteiger partial charge in [0.05, 0.1) is 11.5 Å². The van der Waals surface area contributed by atoms with Crippen LogP contribution in [0.2, 0.25) is 0 Å². The van der Waals surface area contributed by atoms with Crippen LogP contribution in [0.1, 0.15) is 18.1 Å². The van der Waals surface area contributed by atoms with E-state index in [2.05, 4.69) is 0 Å². The summed E-state index contributed by atoms with van der Waals surface area (Å²) in [5, 5.41) is 9.57. The number of thioether (sulfide) groups is 1. The first-order chi connectivity index (χ1) is 8.95. The van der Waals surface area contributed by atoms with Crippen molar-refractivity contribution in [3.63, 3.8) is 0 Å². The number of benzene rings is 1. The van der Waals surface area contributed by atoms with E-state index in [4.69, 9.17) is 0 Å². The summed E-state index contributed by atoms with van der Waals surface area (Å²) < 4.78 is 26.6. The molecule has 1 heterocycles. The third-order valence-electron chi connectivity index (χ3n) is 3.33. The second-order valence-electron chi connectivity index (χ2n) is 4.79. The average molecular weight is 301 g/mol. The van der Waals surface area contributed by atoms with E-state index in [9.17, 15) is 13.5 Å². The summed E-state index contributed by atoms with van der Waals surface area (Å²) in [5.41, 5.74) is 1.57. The molecule has 1 unspecified atom stereocenters. The normalized spacial score (nSPS) is 21.5. The van der Waals surface area contributed by atoms with Crippen LogP contribution in [0.25, 0.3) is 0 Å². The van der Waals surface area contributed by atoms with Crippen LogP contribution in [0, 0.1) is 6.92 Å². The molecule has 0 saturated carbocycles. The van der Waals surface area contributed by atoms with Crippen molar-refractivity contribution < 1.29 is 13.5 Å². The van der Waals surface area contributed by atoms with Crippen LogP contribution in [-0.2, 0) is 16.6 Å². The molecule has 1 fully saturated rings. The number of hydrogen-bond acceptors (Lipinski definition) is 4. The second kappa shape index (κ2) is 5.83. The summed E-state index contributed by atoms with van der Waals surface area (Å²) in [6.45, 7) is 4.87. The summed E-state index contributed by atoms with van der Waals surface area (Å²) in [5.74, 6) is 0.832. The Morgan fingerprint density at radius 1 is 1.47 bits per heavy atom. The van der Waals surface area contributed by atoms with Gasteiger partial charge in [-0.3, -0.25) is 0 Å². The fraction of sp³-hybridized carbons (Fsp3) is 0.538. The minimum Gasteiger partial charge on any atom is -0.392 e. The number of rotatable bonds is 3. The largest absolute Gasteiger partial charge is 0.392 e. The minimum atomic E-state index is -3.44. The lowest BCUT2D eigenvalue weighted by Crippen LogP contribution is -2.40. The van der Waals surface area contributed by atoms with E-state index in [1.807, 2.05) is 13.8 Å². The maximum Gasteiger partial charge on any atom is 0.243 e.